The van der Waals surface area contributed by atoms with Crippen molar-refractivity contribution < 1.29 is 30.0 Å². The van der Waals surface area contributed by atoms with Crippen LogP contribution in [0.3, 0.4) is 0 Å². The predicted molar refractivity (Wildman–Crippen MR) is 56.8 cm³/mol. The summed E-state index contributed by atoms with van der Waals surface area (Å²) in [5.74, 6) is -3.18. The molecule has 0 unspecified atom stereocenters. The van der Waals surface area contributed by atoms with Gasteiger partial charge >= 0.3 is 11.9 Å². The molecule has 6 nitrogen and oxygen atoms in total. The minimum Gasteiger partial charge on any atom is -0.508 e. The number of aliphatic carboxylic acids is 2. The lowest BCUT2D eigenvalue weighted by molar-refractivity contribution is -0.135. The minimum atomic E-state index is -1.37. The topological polar surface area (TPSA) is 115 Å². The van der Waals surface area contributed by atoms with Crippen LogP contribution in [0.2, 0.25) is 0 Å². The van der Waals surface area contributed by atoms with Crippen LogP contribution in [0.5, 0.6) is 11.5 Å². The Labute approximate surface area is 96.1 Å². The normalized spacial score (nSPS) is 11.2. The number of benzene rings is 1. The van der Waals surface area contributed by atoms with Crippen molar-refractivity contribution in [1.29, 1.82) is 0 Å². The van der Waals surface area contributed by atoms with Crippen molar-refractivity contribution in [3.05, 3.63) is 35.4 Å². The van der Waals surface area contributed by atoms with Crippen molar-refractivity contribution >= 4 is 11.9 Å². The van der Waals surface area contributed by atoms with E-state index in [1.165, 1.54) is 12.1 Å². The van der Waals surface area contributed by atoms with E-state index < -0.39 is 11.9 Å². The first-order valence-corrected chi connectivity index (χ1v) is 4.57. The van der Waals surface area contributed by atoms with Crippen LogP contribution in [0.1, 0.15) is 5.56 Å². The summed E-state index contributed by atoms with van der Waals surface area (Å²) in [5, 5.41) is 35.6. The van der Waals surface area contributed by atoms with Crippen LogP contribution in [0.25, 0.3) is 0 Å². The molecule has 0 bridgehead atoms. The van der Waals surface area contributed by atoms with E-state index in [0.29, 0.717) is 11.6 Å². The second-order valence-electron chi connectivity index (χ2n) is 3.35. The maximum absolute atomic E-state index is 10.8. The van der Waals surface area contributed by atoms with Gasteiger partial charge in [0.2, 0.25) is 0 Å². The number of hydrogen-bond donors (Lipinski definition) is 4. The van der Waals surface area contributed by atoms with Crippen LogP contribution in [0, 0.1) is 0 Å². The fourth-order valence-electron chi connectivity index (χ4n) is 1.32. The first-order valence-electron chi connectivity index (χ1n) is 4.57. The summed E-state index contributed by atoms with van der Waals surface area (Å²) in [7, 11) is 0. The maximum atomic E-state index is 10.8. The molecule has 1 rings (SSSR count). The lowest BCUT2D eigenvalue weighted by atomic mass is 10.0. The van der Waals surface area contributed by atoms with E-state index >= 15 is 0 Å². The van der Waals surface area contributed by atoms with Crippen molar-refractivity contribution in [2.24, 2.45) is 0 Å². The van der Waals surface area contributed by atoms with Gasteiger partial charge in [0, 0.05) is 24.1 Å². The summed E-state index contributed by atoms with van der Waals surface area (Å²) in [4.78, 5) is 21.2. The number of phenolic OH excluding ortho intramolecular Hbond substituents is 2. The largest absolute Gasteiger partial charge is 0.508 e. The van der Waals surface area contributed by atoms with Crippen LogP contribution in [-0.2, 0) is 16.0 Å². The smallest absolute Gasteiger partial charge is 0.332 e. The third kappa shape index (κ3) is 3.86. The predicted octanol–water partition coefficient (Wildman–Crippen LogP) is 0.736. The van der Waals surface area contributed by atoms with E-state index in [2.05, 4.69) is 0 Å². The first kappa shape index (κ1) is 12.6. The lowest BCUT2D eigenvalue weighted by Crippen LogP contribution is -2.06. The van der Waals surface area contributed by atoms with Gasteiger partial charge in [-0.1, -0.05) is 0 Å². The Hall–Kier alpha value is -2.50. The van der Waals surface area contributed by atoms with Gasteiger partial charge in [0.1, 0.15) is 11.5 Å². The van der Waals surface area contributed by atoms with Crippen LogP contribution in [-0.4, -0.2) is 32.4 Å². The van der Waals surface area contributed by atoms with E-state index in [1.807, 2.05) is 0 Å². The van der Waals surface area contributed by atoms with E-state index in [-0.39, 0.29) is 23.5 Å². The van der Waals surface area contributed by atoms with Gasteiger partial charge in [-0.15, -0.1) is 0 Å². The zero-order valence-corrected chi connectivity index (χ0v) is 8.62. The molecule has 0 heterocycles. The molecule has 0 aliphatic carbocycles. The molecule has 0 aromatic heterocycles. The zero-order chi connectivity index (χ0) is 13.0. The highest BCUT2D eigenvalue weighted by molar-refractivity contribution is 5.95. The molecular formula is C11H10O6. The number of hydrogen-bond acceptors (Lipinski definition) is 4. The molecule has 0 fully saturated rings. The Morgan fingerprint density at radius 3 is 2.00 bits per heavy atom. The summed E-state index contributed by atoms with van der Waals surface area (Å²) >= 11 is 0. The van der Waals surface area contributed by atoms with Gasteiger partial charge in [0.15, 0.2) is 0 Å². The Morgan fingerprint density at radius 2 is 1.59 bits per heavy atom. The fourth-order valence-corrected chi connectivity index (χ4v) is 1.32. The molecule has 90 valence electrons. The van der Waals surface area contributed by atoms with E-state index in [0.717, 1.165) is 6.07 Å². The molecule has 1 aromatic rings. The van der Waals surface area contributed by atoms with Crippen molar-refractivity contribution in [2.75, 3.05) is 0 Å². The standard InChI is InChI=1S/C11H10O6/c12-8-2-6(3-9(13)5-8)1-7(11(16)17)4-10(14)15/h2-5,12-13H,1H2,(H,14,15)(H,16,17)/b7-4-. The molecule has 0 aliphatic rings. The number of phenols is 2. The van der Waals surface area contributed by atoms with Crippen LogP contribution < -0.4 is 0 Å². The van der Waals surface area contributed by atoms with Crippen LogP contribution >= 0.6 is 0 Å². The summed E-state index contributed by atoms with van der Waals surface area (Å²) in [6.45, 7) is 0. The average Bonchev–Trinajstić information content (AvgIpc) is 2.13. The molecule has 0 atom stereocenters. The first-order chi connectivity index (χ1) is 7.88. The summed E-state index contributed by atoms with van der Waals surface area (Å²) in [6.07, 6.45) is 0.368. The number of carboxylic acid groups (broad SMARTS) is 2. The lowest BCUT2D eigenvalue weighted by Gasteiger charge is -2.04. The van der Waals surface area contributed by atoms with Gasteiger partial charge in [-0.3, -0.25) is 0 Å². The highest BCUT2D eigenvalue weighted by Crippen LogP contribution is 2.22. The molecule has 0 saturated carbocycles. The van der Waals surface area contributed by atoms with Crippen LogP contribution in [0.4, 0.5) is 0 Å². The van der Waals surface area contributed by atoms with E-state index in [9.17, 15) is 19.8 Å². The number of rotatable bonds is 4. The van der Waals surface area contributed by atoms with Crippen molar-refractivity contribution in [2.45, 2.75) is 6.42 Å². The third-order valence-electron chi connectivity index (χ3n) is 1.93. The van der Waals surface area contributed by atoms with Crippen LogP contribution in [0.15, 0.2) is 29.8 Å². The summed E-state index contributed by atoms with van der Waals surface area (Å²) in [6, 6.07) is 3.58. The zero-order valence-electron chi connectivity index (χ0n) is 8.62. The van der Waals surface area contributed by atoms with Gasteiger partial charge in [-0.25, -0.2) is 9.59 Å². The minimum absolute atomic E-state index is 0.205. The molecule has 0 aliphatic heterocycles. The third-order valence-corrected chi connectivity index (χ3v) is 1.93. The van der Waals surface area contributed by atoms with Gasteiger partial charge in [0.25, 0.3) is 0 Å². The van der Waals surface area contributed by atoms with Gasteiger partial charge in [-0.2, -0.15) is 0 Å². The maximum Gasteiger partial charge on any atom is 0.332 e. The second kappa shape index (κ2) is 5.02. The van der Waals surface area contributed by atoms with Crippen molar-refractivity contribution in [1.82, 2.24) is 0 Å². The molecule has 1 aromatic carbocycles. The number of carbonyl (C=O) groups is 2. The average molecular weight is 238 g/mol. The number of carboxylic acids is 2. The molecule has 0 spiro atoms. The Morgan fingerprint density at radius 1 is 1.06 bits per heavy atom. The molecule has 0 saturated heterocycles. The van der Waals surface area contributed by atoms with Gasteiger partial charge in [-0.05, 0) is 17.7 Å². The summed E-state index contributed by atoms with van der Waals surface area (Å²) in [5.41, 5.74) is -0.0418. The highest BCUT2D eigenvalue weighted by Gasteiger charge is 2.11. The van der Waals surface area contributed by atoms with Crippen molar-refractivity contribution in [3.63, 3.8) is 0 Å². The molecule has 6 heteroatoms. The van der Waals surface area contributed by atoms with Gasteiger partial charge in [0.05, 0.1) is 0 Å². The Kier molecular flexibility index (Phi) is 3.71. The van der Waals surface area contributed by atoms with E-state index in [1.54, 1.807) is 0 Å². The second-order valence-corrected chi connectivity index (χ2v) is 3.35. The molecular weight excluding hydrogens is 228 g/mol. The highest BCUT2D eigenvalue weighted by atomic mass is 16.4. The molecule has 17 heavy (non-hydrogen) atoms. The Bertz CT molecular complexity index is 468. The fraction of sp³-hybridized carbons (Fsp3) is 0.0909. The monoisotopic (exact) mass is 238 g/mol. The quantitative estimate of drug-likeness (QED) is 0.575. The SMILES string of the molecule is O=C(O)/C=C(/Cc1cc(O)cc(O)c1)C(=O)O. The molecule has 0 amide bonds. The van der Waals surface area contributed by atoms with Gasteiger partial charge < -0.3 is 20.4 Å². The summed E-state index contributed by atoms with van der Waals surface area (Å²) < 4.78 is 0. The van der Waals surface area contributed by atoms with E-state index in [4.69, 9.17) is 10.2 Å². The number of aromatic hydroxyl groups is 2. The molecule has 4 N–H and O–H groups in total. The van der Waals surface area contributed by atoms with Crippen molar-refractivity contribution in [3.8, 4) is 11.5 Å². The Balaban J connectivity index is 3.02. The molecule has 0 radical (unpaired) electrons.